The average molecular weight is 621 g/mol. The van der Waals surface area contributed by atoms with Gasteiger partial charge in [0.1, 0.15) is 8.64 Å². The van der Waals surface area contributed by atoms with E-state index in [1.807, 2.05) is 59.6 Å². The maximum Gasteiger partial charge on any atom is 0.214 e. The standard InChI is InChI=1S/C10H16.C6H12N2S4.C6H14S2.CH2OS2/c1-8(2)10-6-4-9(3)5-7-10;1-7(2)5(9)11-12-6(10)8(3)4;1-5(2)7-8-6(3)4;2-1(3)4/h4H,5-7H2,1-3H3;1-4H3;5-6H,1-4H3;(H2,2,3,4). The van der Waals surface area contributed by atoms with Crippen molar-refractivity contribution in [1.29, 1.82) is 0 Å². The molecule has 1 aliphatic carbocycles. The molecular weight excluding hydrogens is 577 g/mol. The third-order valence-corrected chi connectivity index (χ3v) is 11.3. The van der Waals surface area contributed by atoms with Gasteiger partial charge in [0, 0.05) is 38.7 Å². The van der Waals surface area contributed by atoms with Gasteiger partial charge in [-0.15, -0.1) is 0 Å². The Morgan fingerprint density at radius 3 is 1.44 bits per heavy atom. The zero-order valence-corrected chi connectivity index (χ0v) is 29.1. The molecule has 34 heavy (non-hydrogen) atoms. The van der Waals surface area contributed by atoms with Crippen LogP contribution in [0.15, 0.2) is 22.8 Å². The van der Waals surface area contributed by atoms with E-state index in [2.05, 4.69) is 79.4 Å². The first kappa shape index (κ1) is 39.4. The van der Waals surface area contributed by atoms with E-state index >= 15 is 0 Å². The van der Waals surface area contributed by atoms with Gasteiger partial charge >= 0.3 is 0 Å². The Balaban J connectivity index is -0.000000399. The van der Waals surface area contributed by atoms with E-state index in [4.69, 9.17) is 29.5 Å². The largest absolute Gasteiger partial charge is 0.494 e. The lowest BCUT2D eigenvalue weighted by Gasteiger charge is -2.15. The van der Waals surface area contributed by atoms with Crippen molar-refractivity contribution in [3.8, 4) is 0 Å². The molecule has 0 heterocycles. The molecule has 1 N–H and O–H groups in total. The average Bonchev–Trinajstić information content (AvgIpc) is 2.70. The molecule has 0 atom stereocenters. The lowest BCUT2D eigenvalue weighted by molar-refractivity contribution is 0.586. The molecule has 0 unspecified atom stereocenters. The minimum absolute atomic E-state index is 0.306. The van der Waals surface area contributed by atoms with Crippen molar-refractivity contribution < 1.29 is 5.11 Å². The quantitative estimate of drug-likeness (QED) is 0.137. The fourth-order valence-corrected chi connectivity index (χ4v) is 5.90. The lowest BCUT2D eigenvalue weighted by Crippen LogP contribution is -2.18. The Bertz CT molecular complexity index is 623. The van der Waals surface area contributed by atoms with Crippen LogP contribution in [0.25, 0.3) is 0 Å². The molecule has 3 nitrogen and oxygen atoms in total. The number of hydrogen-bond acceptors (Lipinski definition) is 7. The number of aliphatic hydroxyl groups excluding tert-OH is 1. The van der Waals surface area contributed by atoms with Gasteiger partial charge in [0.2, 0.25) is 4.38 Å². The maximum absolute atomic E-state index is 7.65. The van der Waals surface area contributed by atoms with Gasteiger partial charge in [0.05, 0.1) is 0 Å². The van der Waals surface area contributed by atoms with Crippen molar-refractivity contribution in [2.24, 2.45) is 0 Å². The normalized spacial score (nSPS) is 12.2. The van der Waals surface area contributed by atoms with Crippen molar-refractivity contribution in [1.82, 2.24) is 9.80 Å². The van der Waals surface area contributed by atoms with E-state index < -0.39 is 0 Å². The number of hydrogen-bond donors (Lipinski definition) is 2. The molecule has 0 aromatic carbocycles. The molecule has 0 amide bonds. The summed E-state index contributed by atoms with van der Waals surface area (Å²) in [7, 11) is 14.6. The molecule has 0 aromatic heterocycles. The highest BCUT2D eigenvalue weighted by Crippen LogP contribution is 2.30. The SMILES string of the molecule is CC(C)SSC(C)C.CC1=CCC(=C(C)C)CC1.CN(C)C(=S)SSC(=S)N(C)C.OC(=S)S. The number of allylic oxidation sites excluding steroid dienone is 4. The van der Waals surface area contributed by atoms with E-state index in [1.165, 1.54) is 46.4 Å². The number of nitrogens with zero attached hydrogens (tertiary/aromatic N) is 2. The third-order valence-electron chi connectivity index (χ3n) is 3.58. The Hall–Kier alpha value is 0.900. The summed E-state index contributed by atoms with van der Waals surface area (Å²) in [6, 6.07) is 0. The molecule has 0 fully saturated rings. The van der Waals surface area contributed by atoms with Crippen LogP contribution in [0, 0.1) is 0 Å². The second-order valence-electron chi connectivity index (χ2n) is 8.42. The van der Waals surface area contributed by atoms with Crippen LogP contribution in [-0.4, -0.2) is 66.6 Å². The molecule has 0 aliphatic heterocycles. The fraction of sp³-hybridized carbons (Fsp3) is 0.696. The molecule has 0 saturated carbocycles. The van der Waals surface area contributed by atoms with Crippen LogP contribution in [-0.2, 0) is 0 Å². The van der Waals surface area contributed by atoms with Crippen molar-refractivity contribution in [2.45, 2.75) is 78.2 Å². The van der Waals surface area contributed by atoms with Gasteiger partial charge in [-0.25, -0.2) is 0 Å². The molecular formula is C23H44N2OS8. The molecule has 0 saturated heterocycles. The van der Waals surface area contributed by atoms with Crippen molar-refractivity contribution in [3.05, 3.63) is 22.8 Å². The van der Waals surface area contributed by atoms with Crippen LogP contribution in [0.1, 0.15) is 67.7 Å². The number of aliphatic hydroxyl groups is 1. The second kappa shape index (κ2) is 24.2. The summed E-state index contributed by atoms with van der Waals surface area (Å²) in [5.41, 5.74) is 4.72. The van der Waals surface area contributed by atoms with Crippen LogP contribution in [0.2, 0.25) is 0 Å². The highest BCUT2D eigenvalue weighted by atomic mass is 33.1. The summed E-state index contributed by atoms with van der Waals surface area (Å²) >= 11 is 17.4. The smallest absolute Gasteiger partial charge is 0.214 e. The van der Waals surface area contributed by atoms with E-state index in [-0.39, 0.29) is 4.38 Å². The first-order chi connectivity index (χ1) is 15.5. The zero-order chi connectivity index (χ0) is 27.4. The van der Waals surface area contributed by atoms with Gasteiger partial charge in [-0.1, -0.05) is 109 Å². The summed E-state index contributed by atoms with van der Waals surface area (Å²) in [4.78, 5) is 3.79. The summed E-state index contributed by atoms with van der Waals surface area (Å²) in [6.45, 7) is 15.5. The van der Waals surface area contributed by atoms with E-state index in [0.717, 1.165) is 19.1 Å². The van der Waals surface area contributed by atoms with Crippen LogP contribution in [0.3, 0.4) is 0 Å². The van der Waals surface area contributed by atoms with Gasteiger partial charge in [0.15, 0.2) is 0 Å². The maximum atomic E-state index is 7.65. The van der Waals surface area contributed by atoms with Crippen LogP contribution in [0.5, 0.6) is 0 Å². The number of thiocarbonyl (C=S) groups is 3. The van der Waals surface area contributed by atoms with Gasteiger partial charge in [-0.3, -0.25) is 0 Å². The predicted octanol–water partition coefficient (Wildman–Crippen LogP) is 9.46. The van der Waals surface area contributed by atoms with E-state index in [9.17, 15) is 0 Å². The molecule has 1 rings (SSSR count). The summed E-state index contributed by atoms with van der Waals surface area (Å²) in [5.74, 6) is 0. The molecule has 0 spiro atoms. The molecule has 0 radical (unpaired) electrons. The van der Waals surface area contributed by atoms with Crippen LogP contribution < -0.4 is 0 Å². The topological polar surface area (TPSA) is 26.7 Å². The van der Waals surface area contributed by atoms with Crippen molar-refractivity contribution >= 4 is 105 Å². The van der Waals surface area contributed by atoms with Gasteiger partial charge < -0.3 is 14.9 Å². The molecule has 0 aromatic rings. The Morgan fingerprint density at radius 2 is 1.24 bits per heavy atom. The van der Waals surface area contributed by atoms with Crippen LogP contribution >= 0.6 is 92.5 Å². The number of rotatable bonds is 3. The molecule has 1 aliphatic rings. The van der Waals surface area contributed by atoms with E-state index in [0.29, 0.717) is 0 Å². The summed E-state index contributed by atoms with van der Waals surface area (Å²) in [6.07, 6.45) is 6.13. The predicted molar refractivity (Wildman–Crippen MR) is 183 cm³/mol. The minimum atomic E-state index is -0.306. The van der Waals surface area contributed by atoms with Gasteiger partial charge in [-0.05, 0) is 73.8 Å². The minimum Gasteiger partial charge on any atom is -0.494 e. The van der Waals surface area contributed by atoms with E-state index in [1.54, 1.807) is 11.1 Å². The third kappa shape index (κ3) is 30.9. The highest BCUT2D eigenvalue weighted by molar-refractivity contribution is 8.89. The summed E-state index contributed by atoms with van der Waals surface area (Å²) in [5, 5.41) is 9.18. The number of thiol groups is 1. The van der Waals surface area contributed by atoms with Crippen molar-refractivity contribution in [3.63, 3.8) is 0 Å². The Kier molecular flexibility index (Phi) is 28.1. The molecule has 11 heteroatoms. The summed E-state index contributed by atoms with van der Waals surface area (Å²) < 4.78 is 1.37. The van der Waals surface area contributed by atoms with Gasteiger partial charge in [-0.2, -0.15) is 0 Å². The molecule has 200 valence electrons. The van der Waals surface area contributed by atoms with Gasteiger partial charge in [0.25, 0.3) is 0 Å². The highest BCUT2D eigenvalue weighted by Gasteiger charge is 2.05. The first-order valence-corrected chi connectivity index (χ1v) is 16.9. The second-order valence-corrected chi connectivity index (χ2v) is 16.4. The van der Waals surface area contributed by atoms with Crippen LogP contribution in [0.4, 0.5) is 0 Å². The first-order valence-electron chi connectivity index (χ1n) is 10.8. The Morgan fingerprint density at radius 1 is 0.882 bits per heavy atom. The Labute approximate surface area is 247 Å². The zero-order valence-electron chi connectivity index (χ0n) is 22.5. The molecule has 0 bridgehead atoms. The lowest BCUT2D eigenvalue weighted by atomic mass is 9.93. The monoisotopic (exact) mass is 620 g/mol. The van der Waals surface area contributed by atoms with Crippen molar-refractivity contribution in [2.75, 3.05) is 28.2 Å². The fourth-order valence-electron chi connectivity index (χ4n) is 1.75.